The number of unbranched alkanes of at least 4 members (excludes halogenated alkanes) is 2. The second kappa shape index (κ2) is 9.73. The quantitative estimate of drug-likeness (QED) is 0.391. The zero-order valence-electron chi connectivity index (χ0n) is 11.7. The van der Waals surface area contributed by atoms with Gasteiger partial charge in [0.15, 0.2) is 0 Å². The molecule has 0 heterocycles. The van der Waals surface area contributed by atoms with Gasteiger partial charge in [0.1, 0.15) is 5.75 Å². The van der Waals surface area contributed by atoms with Gasteiger partial charge >= 0.3 is 5.97 Å². The smallest absolute Gasteiger partial charge is 0.305 e. The van der Waals surface area contributed by atoms with Crippen LogP contribution in [0.3, 0.4) is 0 Å². The lowest BCUT2D eigenvalue weighted by atomic mass is 10.2. The van der Waals surface area contributed by atoms with Gasteiger partial charge in [-0.05, 0) is 44.6 Å². The average molecular weight is 282 g/mol. The van der Waals surface area contributed by atoms with Crippen LogP contribution in [0.4, 0.5) is 0 Å². The molecule has 0 aromatic heterocycles. The van der Waals surface area contributed by atoms with Crippen molar-refractivity contribution in [2.24, 2.45) is 0 Å². The Bertz CT molecular complexity index is 379. The Hall–Kier alpha value is -1.16. The first kappa shape index (κ1) is 15.9. The molecule has 0 saturated heterocycles. The Morgan fingerprint density at radius 2 is 2.00 bits per heavy atom. The number of carbonyl (C=O) groups excluding carboxylic acids is 1. The van der Waals surface area contributed by atoms with Crippen LogP contribution >= 0.6 is 11.8 Å². The molecular formula is C15H22O3S. The summed E-state index contributed by atoms with van der Waals surface area (Å²) < 4.78 is 10.6. The number of hydrogen-bond donors (Lipinski definition) is 0. The number of rotatable bonds is 9. The van der Waals surface area contributed by atoms with Gasteiger partial charge in [-0.3, -0.25) is 4.79 Å². The van der Waals surface area contributed by atoms with Crippen LogP contribution in [0.15, 0.2) is 29.2 Å². The van der Waals surface area contributed by atoms with E-state index in [4.69, 9.17) is 9.47 Å². The van der Waals surface area contributed by atoms with Crippen molar-refractivity contribution in [1.29, 1.82) is 0 Å². The molecule has 0 amide bonds. The van der Waals surface area contributed by atoms with Gasteiger partial charge in [-0.15, -0.1) is 11.8 Å². The Labute approximate surface area is 119 Å². The second-order valence-corrected chi connectivity index (χ2v) is 4.96. The highest BCUT2D eigenvalue weighted by Crippen LogP contribution is 2.26. The molecule has 0 saturated carbocycles. The van der Waals surface area contributed by atoms with E-state index in [1.807, 2.05) is 31.4 Å². The first-order chi connectivity index (χ1) is 9.27. The number of ether oxygens (including phenoxy) is 2. The van der Waals surface area contributed by atoms with Crippen molar-refractivity contribution >= 4 is 17.7 Å². The summed E-state index contributed by atoms with van der Waals surface area (Å²) in [7, 11) is 0. The highest BCUT2D eigenvalue weighted by molar-refractivity contribution is 7.98. The van der Waals surface area contributed by atoms with Gasteiger partial charge in [0, 0.05) is 11.3 Å². The average Bonchev–Trinajstić information content (AvgIpc) is 2.43. The number of para-hydroxylation sites is 1. The minimum atomic E-state index is -0.101. The number of hydrogen-bond acceptors (Lipinski definition) is 4. The minimum absolute atomic E-state index is 0.101. The summed E-state index contributed by atoms with van der Waals surface area (Å²) in [5, 5.41) is 0. The van der Waals surface area contributed by atoms with Crippen LogP contribution in [0.2, 0.25) is 0 Å². The Morgan fingerprint density at radius 3 is 2.74 bits per heavy atom. The molecule has 0 radical (unpaired) electrons. The minimum Gasteiger partial charge on any atom is -0.492 e. The molecule has 0 spiro atoms. The van der Waals surface area contributed by atoms with Gasteiger partial charge in [0.25, 0.3) is 0 Å². The summed E-state index contributed by atoms with van der Waals surface area (Å²) in [6, 6.07) is 8.04. The Kier molecular flexibility index (Phi) is 8.14. The van der Waals surface area contributed by atoms with E-state index >= 15 is 0 Å². The second-order valence-electron chi connectivity index (χ2n) is 4.12. The van der Waals surface area contributed by atoms with Gasteiger partial charge in [0.2, 0.25) is 0 Å². The van der Waals surface area contributed by atoms with E-state index in [0.29, 0.717) is 19.6 Å². The van der Waals surface area contributed by atoms with E-state index in [9.17, 15) is 4.79 Å². The van der Waals surface area contributed by atoms with Crippen LogP contribution in [-0.2, 0) is 9.53 Å². The van der Waals surface area contributed by atoms with Gasteiger partial charge in [0.05, 0.1) is 13.2 Å². The largest absolute Gasteiger partial charge is 0.492 e. The van der Waals surface area contributed by atoms with Crippen molar-refractivity contribution < 1.29 is 14.3 Å². The van der Waals surface area contributed by atoms with Crippen LogP contribution in [0, 0.1) is 0 Å². The topological polar surface area (TPSA) is 35.5 Å². The van der Waals surface area contributed by atoms with E-state index in [1.54, 1.807) is 11.8 Å². The lowest BCUT2D eigenvalue weighted by Gasteiger charge is -2.09. The molecule has 1 aromatic carbocycles. The van der Waals surface area contributed by atoms with E-state index in [-0.39, 0.29) is 5.97 Å². The number of benzene rings is 1. The summed E-state index contributed by atoms with van der Waals surface area (Å²) in [5.41, 5.74) is 0. The third-order valence-electron chi connectivity index (χ3n) is 2.66. The molecule has 19 heavy (non-hydrogen) atoms. The normalized spacial score (nSPS) is 10.2. The van der Waals surface area contributed by atoms with E-state index in [0.717, 1.165) is 29.9 Å². The molecule has 0 bridgehead atoms. The summed E-state index contributed by atoms with van der Waals surface area (Å²) in [6.07, 6.45) is 5.37. The standard InChI is InChI=1S/C15H22O3S/c1-3-17-15(16)11-5-4-8-12-18-13-9-6-7-10-14(13)19-2/h6-7,9-10H,3-5,8,11-12H2,1-2H3. The zero-order chi connectivity index (χ0) is 13.9. The first-order valence-electron chi connectivity index (χ1n) is 6.69. The lowest BCUT2D eigenvalue weighted by Crippen LogP contribution is -2.04. The van der Waals surface area contributed by atoms with Crippen LogP contribution in [0.1, 0.15) is 32.6 Å². The van der Waals surface area contributed by atoms with Crippen LogP contribution < -0.4 is 4.74 Å². The number of esters is 1. The summed E-state index contributed by atoms with van der Waals surface area (Å²) in [4.78, 5) is 12.3. The van der Waals surface area contributed by atoms with E-state index in [2.05, 4.69) is 6.07 Å². The van der Waals surface area contributed by atoms with E-state index in [1.165, 1.54) is 0 Å². The molecular weight excluding hydrogens is 260 g/mol. The first-order valence-corrected chi connectivity index (χ1v) is 7.91. The molecule has 0 fully saturated rings. The fraction of sp³-hybridized carbons (Fsp3) is 0.533. The highest BCUT2D eigenvalue weighted by atomic mass is 32.2. The van der Waals surface area contributed by atoms with Crippen molar-refractivity contribution in [1.82, 2.24) is 0 Å². The van der Waals surface area contributed by atoms with Gasteiger partial charge < -0.3 is 9.47 Å². The maximum absolute atomic E-state index is 11.1. The molecule has 1 rings (SSSR count). The van der Waals surface area contributed by atoms with Crippen molar-refractivity contribution in [3.05, 3.63) is 24.3 Å². The molecule has 1 aromatic rings. The number of thioether (sulfide) groups is 1. The molecule has 106 valence electrons. The SMILES string of the molecule is CCOC(=O)CCCCCOc1ccccc1SC. The van der Waals surface area contributed by atoms with Gasteiger partial charge in [-0.2, -0.15) is 0 Å². The highest BCUT2D eigenvalue weighted by Gasteiger charge is 2.02. The zero-order valence-corrected chi connectivity index (χ0v) is 12.5. The predicted octanol–water partition coefficient (Wildman–Crippen LogP) is 3.91. The molecule has 3 nitrogen and oxygen atoms in total. The van der Waals surface area contributed by atoms with Gasteiger partial charge in [-0.1, -0.05) is 12.1 Å². The third-order valence-corrected chi connectivity index (χ3v) is 3.43. The summed E-state index contributed by atoms with van der Waals surface area (Å²) >= 11 is 1.69. The molecule has 0 aliphatic rings. The third kappa shape index (κ3) is 6.53. The fourth-order valence-electron chi connectivity index (χ4n) is 1.70. The number of carbonyl (C=O) groups is 1. The molecule has 0 aliphatic heterocycles. The fourth-order valence-corrected chi connectivity index (χ4v) is 2.24. The van der Waals surface area contributed by atoms with Crippen molar-refractivity contribution in [3.63, 3.8) is 0 Å². The molecule has 0 N–H and O–H groups in total. The summed E-state index contributed by atoms with van der Waals surface area (Å²) in [5.74, 6) is 0.844. The Balaban J connectivity index is 2.12. The molecule has 4 heteroatoms. The Morgan fingerprint density at radius 1 is 1.21 bits per heavy atom. The molecule has 0 aliphatic carbocycles. The van der Waals surface area contributed by atoms with Crippen LogP contribution in [0.25, 0.3) is 0 Å². The van der Waals surface area contributed by atoms with Crippen LogP contribution in [0.5, 0.6) is 5.75 Å². The molecule has 0 unspecified atom stereocenters. The van der Waals surface area contributed by atoms with Gasteiger partial charge in [-0.25, -0.2) is 0 Å². The van der Waals surface area contributed by atoms with Crippen molar-refractivity contribution in [3.8, 4) is 5.75 Å². The van der Waals surface area contributed by atoms with Crippen LogP contribution in [-0.4, -0.2) is 25.4 Å². The predicted molar refractivity (Wildman–Crippen MR) is 78.8 cm³/mol. The van der Waals surface area contributed by atoms with Crippen molar-refractivity contribution in [2.45, 2.75) is 37.5 Å². The summed E-state index contributed by atoms with van der Waals surface area (Å²) in [6.45, 7) is 2.99. The lowest BCUT2D eigenvalue weighted by molar-refractivity contribution is -0.143. The van der Waals surface area contributed by atoms with E-state index < -0.39 is 0 Å². The molecule has 0 atom stereocenters. The monoisotopic (exact) mass is 282 g/mol. The maximum atomic E-state index is 11.1. The van der Waals surface area contributed by atoms with Crippen molar-refractivity contribution in [2.75, 3.05) is 19.5 Å². The maximum Gasteiger partial charge on any atom is 0.305 e.